The molecule has 2 aliphatic heterocycles. The normalized spacial score (nSPS) is 27.0. The van der Waals surface area contributed by atoms with E-state index in [4.69, 9.17) is 4.74 Å². The van der Waals surface area contributed by atoms with Crippen molar-refractivity contribution < 1.29 is 34.1 Å². The van der Waals surface area contributed by atoms with Crippen molar-refractivity contribution in [2.75, 3.05) is 13.2 Å². The highest BCUT2D eigenvalue weighted by Crippen LogP contribution is 2.32. The molecule has 2 aliphatic rings. The van der Waals surface area contributed by atoms with Crippen LogP contribution in [0.15, 0.2) is 12.2 Å². The second kappa shape index (κ2) is 8.08. The first-order chi connectivity index (χ1) is 12.7. The number of carbonyl (C=O) groups excluding carboxylic acids is 3. The van der Waals surface area contributed by atoms with Gasteiger partial charge in [-0.2, -0.15) is 0 Å². The van der Waals surface area contributed by atoms with E-state index < -0.39 is 47.5 Å². The molecule has 0 aromatic rings. The highest BCUT2D eigenvalue weighted by atomic mass is 16.6. The number of aliphatic hydroxyl groups is 1. The first-order valence-corrected chi connectivity index (χ1v) is 9.14. The number of nitrogens with zero attached hydrogens (tertiary/aromatic N) is 2. The molecular weight excluding hydrogens is 356 g/mol. The molecule has 2 amide bonds. The molecule has 2 heterocycles. The summed E-state index contributed by atoms with van der Waals surface area (Å²) in [6.07, 6.45) is 3.37. The van der Waals surface area contributed by atoms with Gasteiger partial charge in [0.05, 0.1) is 6.61 Å². The van der Waals surface area contributed by atoms with Gasteiger partial charge in [0.1, 0.15) is 12.1 Å². The third kappa shape index (κ3) is 3.69. The number of amides is 2. The van der Waals surface area contributed by atoms with Gasteiger partial charge in [0.2, 0.25) is 11.8 Å². The fourth-order valence-electron chi connectivity index (χ4n) is 3.56. The number of ether oxygens (including phenoxy) is 1. The Balaban J connectivity index is 2.43. The number of hydrogen-bond acceptors (Lipinski definition) is 6. The Kier molecular flexibility index (Phi) is 6.25. The summed E-state index contributed by atoms with van der Waals surface area (Å²) < 4.78 is 4.88. The number of carboxylic acid groups (broad SMARTS) is 1. The third-order valence-electron chi connectivity index (χ3n) is 5.17. The van der Waals surface area contributed by atoms with Gasteiger partial charge >= 0.3 is 11.9 Å². The van der Waals surface area contributed by atoms with Crippen molar-refractivity contribution in [1.82, 2.24) is 9.80 Å². The second-order valence-electron chi connectivity index (χ2n) is 6.85. The zero-order valence-corrected chi connectivity index (χ0v) is 15.8. The van der Waals surface area contributed by atoms with E-state index in [1.54, 1.807) is 20.8 Å². The van der Waals surface area contributed by atoms with Gasteiger partial charge in [-0.3, -0.25) is 14.5 Å². The first-order valence-electron chi connectivity index (χ1n) is 9.14. The number of esters is 1. The summed E-state index contributed by atoms with van der Waals surface area (Å²) in [7, 11) is 0. The molecule has 0 spiro atoms. The van der Waals surface area contributed by atoms with Crippen molar-refractivity contribution in [3.8, 4) is 0 Å². The number of likely N-dealkylation sites (tertiary alicyclic amines) is 1. The van der Waals surface area contributed by atoms with Crippen LogP contribution in [0.1, 0.15) is 40.0 Å². The van der Waals surface area contributed by atoms with Gasteiger partial charge < -0.3 is 19.8 Å². The van der Waals surface area contributed by atoms with Crippen LogP contribution >= 0.6 is 0 Å². The lowest BCUT2D eigenvalue weighted by atomic mass is 9.94. The molecule has 1 unspecified atom stereocenters. The maximum atomic E-state index is 13.2. The van der Waals surface area contributed by atoms with E-state index in [2.05, 4.69) is 0 Å². The Morgan fingerprint density at radius 3 is 2.59 bits per heavy atom. The van der Waals surface area contributed by atoms with Crippen LogP contribution in [-0.2, 0) is 23.9 Å². The van der Waals surface area contributed by atoms with Crippen molar-refractivity contribution in [1.29, 1.82) is 0 Å². The number of rotatable bonds is 7. The third-order valence-corrected chi connectivity index (χ3v) is 5.17. The van der Waals surface area contributed by atoms with Gasteiger partial charge in [-0.25, -0.2) is 9.59 Å². The van der Waals surface area contributed by atoms with Crippen LogP contribution in [0.2, 0.25) is 0 Å². The van der Waals surface area contributed by atoms with Crippen molar-refractivity contribution in [3.05, 3.63) is 12.2 Å². The number of aliphatic carboxylic acids is 1. The smallest absolute Gasteiger partial charge is 0.364 e. The molecule has 2 N–H and O–H groups in total. The number of carboxylic acids is 1. The minimum absolute atomic E-state index is 0.00777. The van der Waals surface area contributed by atoms with Crippen LogP contribution in [-0.4, -0.2) is 74.7 Å². The molecule has 4 atom stereocenters. The number of carbonyl (C=O) groups is 4. The molecule has 150 valence electrons. The molecule has 2 rings (SSSR count). The Morgan fingerprint density at radius 2 is 2.04 bits per heavy atom. The zero-order chi connectivity index (χ0) is 20.4. The lowest BCUT2D eigenvalue weighted by molar-refractivity contribution is -0.188. The average molecular weight is 382 g/mol. The van der Waals surface area contributed by atoms with Crippen LogP contribution in [0.3, 0.4) is 0 Å². The molecule has 0 aromatic carbocycles. The van der Waals surface area contributed by atoms with Crippen LogP contribution in [0.4, 0.5) is 0 Å². The standard InChI is InChI=1S/C18H26N2O7/c1-4-11(3)14(15(22)19-10-6-7-12(19)16(23)24)20-13(21)8-9-18(20,26)17(25)27-5-2/h8-9,11-12,14,26H,4-7,10H2,1-3H3,(H,23,24)/t11-,12-,14-,18?/m0/s1. The lowest BCUT2D eigenvalue weighted by Crippen LogP contribution is -2.63. The predicted octanol–water partition coefficient (Wildman–Crippen LogP) is 0.127. The Hall–Kier alpha value is -2.42. The second-order valence-corrected chi connectivity index (χ2v) is 6.85. The predicted molar refractivity (Wildman–Crippen MR) is 93.2 cm³/mol. The van der Waals surface area contributed by atoms with Gasteiger partial charge in [0.15, 0.2) is 0 Å². The molecular formula is C18H26N2O7. The zero-order valence-electron chi connectivity index (χ0n) is 15.8. The molecule has 1 saturated heterocycles. The topological polar surface area (TPSA) is 124 Å². The van der Waals surface area contributed by atoms with E-state index in [1.807, 2.05) is 0 Å². The average Bonchev–Trinajstić information content (AvgIpc) is 3.23. The van der Waals surface area contributed by atoms with E-state index in [9.17, 15) is 29.4 Å². The summed E-state index contributed by atoms with van der Waals surface area (Å²) >= 11 is 0. The van der Waals surface area contributed by atoms with Crippen LogP contribution in [0.25, 0.3) is 0 Å². The van der Waals surface area contributed by atoms with E-state index in [1.165, 1.54) is 4.90 Å². The first kappa shape index (κ1) is 20.9. The molecule has 0 aromatic heterocycles. The van der Waals surface area contributed by atoms with E-state index in [0.717, 1.165) is 17.1 Å². The molecule has 0 radical (unpaired) electrons. The molecule has 0 bridgehead atoms. The summed E-state index contributed by atoms with van der Waals surface area (Å²) in [5, 5.41) is 20.2. The Bertz CT molecular complexity index is 662. The van der Waals surface area contributed by atoms with E-state index in [-0.39, 0.29) is 13.2 Å². The summed E-state index contributed by atoms with van der Waals surface area (Å²) in [5.74, 6) is -3.87. The molecule has 9 nitrogen and oxygen atoms in total. The fraction of sp³-hybridized carbons (Fsp3) is 0.667. The van der Waals surface area contributed by atoms with Crippen LogP contribution in [0.5, 0.6) is 0 Å². The van der Waals surface area contributed by atoms with Gasteiger partial charge in [-0.05, 0) is 31.8 Å². The highest BCUT2D eigenvalue weighted by molar-refractivity contribution is 6.02. The van der Waals surface area contributed by atoms with Crippen molar-refractivity contribution in [2.24, 2.45) is 5.92 Å². The van der Waals surface area contributed by atoms with E-state index in [0.29, 0.717) is 19.3 Å². The van der Waals surface area contributed by atoms with Crippen molar-refractivity contribution in [3.63, 3.8) is 0 Å². The summed E-state index contributed by atoms with van der Waals surface area (Å²) in [6, 6.07) is -2.17. The largest absolute Gasteiger partial charge is 0.480 e. The minimum atomic E-state index is -2.39. The maximum Gasteiger partial charge on any atom is 0.364 e. The molecule has 9 heteroatoms. The van der Waals surface area contributed by atoms with Gasteiger partial charge in [-0.15, -0.1) is 0 Å². The summed E-state index contributed by atoms with van der Waals surface area (Å²) in [6.45, 7) is 5.32. The minimum Gasteiger partial charge on any atom is -0.480 e. The quantitative estimate of drug-likeness (QED) is 0.600. The lowest BCUT2D eigenvalue weighted by Gasteiger charge is -2.41. The van der Waals surface area contributed by atoms with Crippen molar-refractivity contribution in [2.45, 2.75) is 57.8 Å². The summed E-state index contributed by atoms with van der Waals surface area (Å²) in [4.78, 5) is 51.5. The monoisotopic (exact) mass is 382 g/mol. The van der Waals surface area contributed by atoms with Crippen LogP contribution in [0, 0.1) is 5.92 Å². The maximum absolute atomic E-state index is 13.2. The Morgan fingerprint density at radius 1 is 1.37 bits per heavy atom. The molecule has 1 fully saturated rings. The summed E-state index contributed by atoms with van der Waals surface area (Å²) in [5.41, 5.74) is -2.39. The SMILES string of the molecule is CCOC(=O)C1(O)C=CC(=O)N1[C@H](C(=O)N1CCC[C@H]1C(=O)O)[C@@H](C)CC. The molecule has 0 saturated carbocycles. The van der Waals surface area contributed by atoms with Gasteiger partial charge in [-0.1, -0.05) is 20.3 Å². The van der Waals surface area contributed by atoms with Crippen molar-refractivity contribution >= 4 is 23.8 Å². The molecule has 27 heavy (non-hydrogen) atoms. The van der Waals surface area contributed by atoms with Gasteiger partial charge in [0.25, 0.3) is 5.72 Å². The fourth-order valence-corrected chi connectivity index (χ4v) is 3.56. The molecule has 0 aliphatic carbocycles. The highest BCUT2D eigenvalue weighted by Gasteiger charge is 2.54. The Labute approximate surface area is 157 Å². The van der Waals surface area contributed by atoms with E-state index >= 15 is 0 Å². The number of hydrogen-bond donors (Lipinski definition) is 2. The van der Waals surface area contributed by atoms with Gasteiger partial charge in [0, 0.05) is 12.6 Å². The van der Waals surface area contributed by atoms with Crippen LogP contribution < -0.4 is 0 Å².